The lowest BCUT2D eigenvalue weighted by Gasteiger charge is -2.04. The number of aromatic carboxylic acids is 1. The summed E-state index contributed by atoms with van der Waals surface area (Å²) < 4.78 is 12.9. The van der Waals surface area contributed by atoms with Crippen LogP contribution < -0.4 is 0 Å². The predicted octanol–water partition coefficient (Wildman–Crippen LogP) is 1.75. The van der Waals surface area contributed by atoms with Crippen molar-refractivity contribution >= 4 is 18.0 Å². The molecule has 0 unspecified atom stereocenters. The van der Waals surface area contributed by atoms with Gasteiger partial charge in [0.05, 0.1) is 17.6 Å². The van der Waals surface area contributed by atoms with Crippen LogP contribution in [0.5, 0.6) is 0 Å². The van der Waals surface area contributed by atoms with Gasteiger partial charge in [0.15, 0.2) is 0 Å². The topological polar surface area (TPSA) is 52.9 Å². The molecule has 1 N–H and O–H groups in total. The van der Waals surface area contributed by atoms with Gasteiger partial charge in [-0.1, -0.05) is 0 Å². The number of hydrogen-bond donors (Lipinski definition) is 1. The molecule has 5 heteroatoms. The quantitative estimate of drug-likeness (QED) is 0.610. The zero-order valence-corrected chi connectivity index (χ0v) is 8.44. The zero-order chi connectivity index (χ0) is 11.4. The first kappa shape index (κ1) is 11.2. The first-order valence-electron chi connectivity index (χ1n) is 4.24. The van der Waals surface area contributed by atoms with Gasteiger partial charge < -0.3 is 10.0 Å². The summed E-state index contributed by atoms with van der Waals surface area (Å²) >= 11 is 0. The van der Waals surface area contributed by atoms with Crippen LogP contribution >= 0.6 is 0 Å². The van der Waals surface area contributed by atoms with Crippen LogP contribution in [0.15, 0.2) is 23.2 Å². The van der Waals surface area contributed by atoms with Gasteiger partial charge in [0.2, 0.25) is 0 Å². The first-order chi connectivity index (χ1) is 7.00. The Hall–Kier alpha value is -1.91. The highest BCUT2D eigenvalue weighted by Crippen LogP contribution is 2.20. The van der Waals surface area contributed by atoms with Crippen molar-refractivity contribution in [2.75, 3.05) is 14.1 Å². The first-order valence-corrected chi connectivity index (χ1v) is 4.24. The third kappa shape index (κ3) is 3.05. The second-order valence-corrected chi connectivity index (χ2v) is 3.17. The van der Waals surface area contributed by atoms with E-state index in [4.69, 9.17) is 5.11 Å². The molecule has 0 saturated heterocycles. The van der Waals surface area contributed by atoms with Crippen LogP contribution in [0.3, 0.4) is 0 Å². The number of aliphatic imine (C=N–C) groups is 1. The third-order valence-corrected chi connectivity index (χ3v) is 1.62. The third-order valence-electron chi connectivity index (χ3n) is 1.62. The fraction of sp³-hybridized carbons (Fsp3) is 0.200. The predicted molar refractivity (Wildman–Crippen MR) is 55.2 cm³/mol. The molecule has 1 aromatic rings. The van der Waals surface area contributed by atoms with E-state index in [0.717, 1.165) is 12.1 Å². The van der Waals surface area contributed by atoms with Gasteiger partial charge in [-0.2, -0.15) is 0 Å². The molecule has 0 aliphatic carbocycles. The molecule has 0 spiro atoms. The van der Waals surface area contributed by atoms with E-state index in [1.807, 2.05) is 0 Å². The summed E-state index contributed by atoms with van der Waals surface area (Å²) in [6.45, 7) is 0. The van der Waals surface area contributed by atoms with E-state index in [2.05, 4.69) is 4.99 Å². The van der Waals surface area contributed by atoms with Gasteiger partial charge in [-0.25, -0.2) is 14.2 Å². The molecule has 80 valence electrons. The number of benzene rings is 1. The maximum absolute atomic E-state index is 12.9. The Morgan fingerprint density at radius 1 is 1.53 bits per heavy atom. The van der Waals surface area contributed by atoms with E-state index in [0.29, 0.717) is 0 Å². The molecule has 0 bridgehead atoms. The number of hydrogen-bond acceptors (Lipinski definition) is 2. The summed E-state index contributed by atoms with van der Waals surface area (Å²) in [4.78, 5) is 16.3. The molecule has 0 heterocycles. The summed E-state index contributed by atoms with van der Waals surface area (Å²) in [7, 11) is 3.48. The number of nitrogens with zero attached hydrogens (tertiary/aromatic N) is 2. The molecule has 1 rings (SSSR count). The van der Waals surface area contributed by atoms with Gasteiger partial charge in [-0.3, -0.25) is 0 Å². The average Bonchev–Trinajstić information content (AvgIpc) is 2.14. The summed E-state index contributed by atoms with van der Waals surface area (Å²) in [5, 5.41) is 8.81. The van der Waals surface area contributed by atoms with Gasteiger partial charge in [0.1, 0.15) is 5.82 Å². The van der Waals surface area contributed by atoms with E-state index in [1.165, 1.54) is 12.4 Å². The van der Waals surface area contributed by atoms with Crippen molar-refractivity contribution in [3.8, 4) is 0 Å². The minimum Gasteiger partial charge on any atom is -0.478 e. The molecule has 0 aliphatic heterocycles. The second-order valence-electron chi connectivity index (χ2n) is 3.17. The highest BCUT2D eigenvalue weighted by molar-refractivity contribution is 5.94. The lowest BCUT2D eigenvalue weighted by atomic mass is 10.2. The number of rotatable bonds is 3. The fourth-order valence-corrected chi connectivity index (χ4v) is 0.970. The number of carboxylic acids is 1. The fourth-order valence-electron chi connectivity index (χ4n) is 0.970. The number of carboxylic acid groups (broad SMARTS) is 1. The van der Waals surface area contributed by atoms with E-state index >= 15 is 0 Å². The Balaban J connectivity index is 3.13. The largest absolute Gasteiger partial charge is 0.478 e. The van der Waals surface area contributed by atoms with Crippen LogP contribution in [-0.2, 0) is 0 Å². The molecule has 0 atom stereocenters. The van der Waals surface area contributed by atoms with Crippen molar-refractivity contribution in [2.45, 2.75) is 0 Å². The number of carbonyl (C=O) groups is 1. The summed E-state index contributed by atoms with van der Waals surface area (Å²) in [5.74, 6) is -1.63. The van der Waals surface area contributed by atoms with Crippen LogP contribution in [0.1, 0.15) is 10.4 Å². The van der Waals surface area contributed by atoms with Crippen molar-refractivity contribution in [2.24, 2.45) is 4.99 Å². The van der Waals surface area contributed by atoms with E-state index in [9.17, 15) is 9.18 Å². The molecule has 15 heavy (non-hydrogen) atoms. The molecular weight excluding hydrogens is 199 g/mol. The van der Waals surface area contributed by atoms with Crippen LogP contribution in [0.2, 0.25) is 0 Å². The van der Waals surface area contributed by atoms with Crippen LogP contribution in [0.4, 0.5) is 10.1 Å². The lowest BCUT2D eigenvalue weighted by molar-refractivity contribution is 0.0698. The zero-order valence-electron chi connectivity index (χ0n) is 8.44. The van der Waals surface area contributed by atoms with Gasteiger partial charge in [-0.15, -0.1) is 0 Å². The average molecular weight is 210 g/mol. The SMILES string of the molecule is CN(C)C=Nc1cc(F)ccc1C(=O)O. The highest BCUT2D eigenvalue weighted by atomic mass is 19.1. The molecule has 4 nitrogen and oxygen atoms in total. The van der Waals surface area contributed by atoms with Gasteiger partial charge >= 0.3 is 5.97 Å². The Morgan fingerprint density at radius 3 is 2.73 bits per heavy atom. The molecule has 0 aliphatic rings. The van der Waals surface area contributed by atoms with Crippen molar-refractivity contribution in [1.29, 1.82) is 0 Å². The monoisotopic (exact) mass is 210 g/mol. The molecule has 0 aromatic heterocycles. The van der Waals surface area contributed by atoms with Crippen LogP contribution in [0, 0.1) is 5.82 Å². The summed E-state index contributed by atoms with van der Waals surface area (Å²) in [5.41, 5.74) is 0.0886. The van der Waals surface area contributed by atoms with Crippen molar-refractivity contribution in [3.05, 3.63) is 29.6 Å². The Labute approximate surface area is 86.7 Å². The van der Waals surface area contributed by atoms with E-state index in [1.54, 1.807) is 19.0 Å². The number of halogens is 1. The maximum atomic E-state index is 12.9. The molecular formula is C10H11FN2O2. The molecule has 1 aromatic carbocycles. The van der Waals surface area contributed by atoms with Crippen molar-refractivity contribution in [1.82, 2.24) is 4.90 Å². The molecule has 0 fully saturated rings. The Bertz CT molecular complexity index is 402. The Morgan fingerprint density at radius 2 is 2.20 bits per heavy atom. The second kappa shape index (κ2) is 4.54. The van der Waals surface area contributed by atoms with Crippen molar-refractivity contribution in [3.63, 3.8) is 0 Å². The van der Waals surface area contributed by atoms with Crippen molar-refractivity contribution < 1.29 is 14.3 Å². The summed E-state index contributed by atoms with van der Waals surface area (Å²) in [6.07, 6.45) is 1.42. The lowest BCUT2D eigenvalue weighted by Crippen LogP contribution is -2.07. The minimum absolute atomic E-state index is 0.0190. The van der Waals surface area contributed by atoms with E-state index in [-0.39, 0.29) is 11.3 Å². The van der Waals surface area contributed by atoms with Gasteiger partial charge in [0, 0.05) is 20.2 Å². The van der Waals surface area contributed by atoms with Gasteiger partial charge in [0.25, 0.3) is 0 Å². The minimum atomic E-state index is -1.12. The molecule has 0 amide bonds. The van der Waals surface area contributed by atoms with Gasteiger partial charge in [-0.05, 0) is 12.1 Å². The standard InChI is InChI=1S/C10H11FN2O2/c1-13(2)6-12-9-5-7(11)3-4-8(9)10(14)15/h3-6H,1-2H3,(H,14,15). The highest BCUT2D eigenvalue weighted by Gasteiger charge is 2.09. The Kier molecular flexibility index (Phi) is 3.38. The normalized spacial score (nSPS) is 10.6. The maximum Gasteiger partial charge on any atom is 0.337 e. The molecule has 0 saturated carbocycles. The van der Waals surface area contributed by atoms with Crippen LogP contribution in [-0.4, -0.2) is 36.4 Å². The smallest absolute Gasteiger partial charge is 0.337 e. The molecule has 0 radical (unpaired) electrons. The van der Waals surface area contributed by atoms with E-state index < -0.39 is 11.8 Å². The van der Waals surface area contributed by atoms with Crippen LogP contribution in [0.25, 0.3) is 0 Å². The summed E-state index contributed by atoms with van der Waals surface area (Å²) in [6, 6.07) is 3.38.